The van der Waals surface area contributed by atoms with E-state index in [9.17, 15) is 32.0 Å². The number of nitrogens with zero attached hydrogens (tertiary/aromatic N) is 1. The van der Waals surface area contributed by atoms with Crippen molar-refractivity contribution in [3.05, 3.63) is 60.5 Å². The molecule has 1 aromatic rings. The van der Waals surface area contributed by atoms with Crippen LogP contribution in [0.4, 0.5) is 4.39 Å². The predicted octanol–water partition coefficient (Wildman–Crippen LogP) is 0.159. The molecule has 0 spiro atoms. The molecule has 2 aliphatic heterocycles. The lowest BCUT2D eigenvalue weighted by atomic mass is 9.91. The van der Waals surface area contributed by atoms with Gasteiger partial charge in [-0.1, -0.05) is 24.8 Å². The van der Waals surface area contributed by atoms with Gasteiger partial charge in [-0.05, 0) is 49.3 Å². The van der Waals surface area contributed by atoms with Gasteiger partial charge in [0.25, 0.3) is 5.91 Å². The van der Waals surface area contributed by atoms with Gasteiger partial charge in [0.05, 0.1) is 11.8 Å². The van der Waals surface area contributed by atoms with E-state index in [2.05, 4.69) is 33.8 Å². The number of sulfonamides is 1. The molecule has 2 saturated carbocycles. The highest BCUT2D eigenvalue weighted by Gasteiger charge is 2.62. The largest absolute Gasteiger partial charge is 0.343 e. The van der Waals surface area contributed by atoms with E-state index in [0.29, 0.717) is 24.9 Å². The lowest BCUT2D eigenvalue weighted by molar-refractivity contribution is -0.139. The van der Waals surface area contributed by atoms with Gasteiger partial charge >= 0.3 is 0 Å². The molecule has 0 radical (unpaired) electrons. The molecule has 4 aliphatic rings. The Labute approximate surface area is 231 Å². The maximum atomic E-state index is 14.4. The van der Waals surface area contributed by atoms with Crippen LogP contribution in [0.3, 0.4) is 0 Å². The molecule has 4 amide bonds. The first kappa shape index (κ1) is 28.0. The van der Waals surface area contributed by atoms with Crippen molar-refractivity contribution in [2.24, 2.45) is 11.8 Å². The fraction of sp³-hybridized carbons (Fsp3) is 0.481. The Hall–Kier alpha value is -3.58. The quantitative estimate of drug-likeness (QED) is 0.230. The minimum Gasteiger partial charge on any atom is -0.343 e. The van der Waals surface area contributed by atoms with Crippen LogP contribution in [0.1, 0.15) is 42.9 Å². The summed E-state index contributed by atoms with van der Waals surface area (Å²) in [6.07, 6.45) is 3.83. The van der Waals surface area contributed by atoms with Gasteiger partial charge in [-0.2, -0.15) is 0 Å². The number of carbonyl (C=O) groups is 4. The van der Waals surface area contributed by atoms with Crippen LogP contribution in [0, 0.1) is 17.7 Å². The second-order valence-corrected chi connectivity index (χ2v) is 12.8. The summed E-state index contributed by atoms with van der Waals surface area (Å²) in [6, 6.07) is 3.48. The molecule has 1 saturated heterocycles. The van der Waals surface area contributed by atoms with Gasteiger partial charge in [0.15, 0.2) is 0 Å². The summed E-state index contributed by atoms with van der Waals surface area (Å²) in [5.41, 5.74) is -0.198. The molecule has 214 valence electrons. The predicted molar refractivity (Wildman–Crippen MR) is 142 cm³/mol. The van der Waals surface area contributed by atoms with Gasteiger partial charge in [0.2, 0.25) is 27.7 Å². The highest BCUT2D eigenvalue weighted by Crippen LogP contribution is 2.46. The van der Waals surface area contributed by atoms with E-state index in [1.807, 2.05) is 6.07 Å². The zero-order valence-corrected chi connectivity index (χ0v) is 22.6. The van der Waals surface area contributed by atoms with Crippen LogP contribution in [0.5, 0.6) is 0 Å². The van der Waals surface area contributed by atoms with Crippen molar-refractivity contribution in [3.8, 4) is 0 Å². The van der Waals surface area contributed by atoms with Crippen molar-refractivity contribution >= 4 is 33.7 Å². The molecule has 3 fully saturated rings. The lowest BCUT2D eigenvalue weighted by Gasteiger charge is -2.27. The summed E-state index contributed by atoms with van der Waals surface area (Å²) < 4.78 is 41.3. The van der Waals surface area contributed by atoms with Gasteiger partial charge in [0, 0.05) is 30.6 Å². The zero-order valence-electron chi connectivity index (χ0n) is 21.8. The van der Waals surface area contributed by atoms with E-state index in [-0.39, 0.29) is 43.7 Å². The van der Waals surface area contributed by atoms with Crippen LogP contribution >= 0.6 is 0 Å². The van der Waals surface area contributed by atoms with Gasteiger partial charge < -0.3 is 20.9 Å². The van der Waals surface area contributed by atoms with Gasteiger partial charge in [-0.3, -0.25) is 23.9 Å². The Balaban J connectivity index is 1.36. The molecule has 2 aliphatic carbocycles. The number of likely N-dealkylation sites (tertiary alicyclic amines) is 1. The fourth-order valence-corrected chi connectivity index (χ4v) is 7.15. The van der Waals surface area contributed by atoms with E-state index < -0.39 is 56.4 Å². The highest BCUT2D eigenvalue weighted by atomic mass is 32.2. The van der Waals surface area contributed by atoms with Crippen LogP contribution in [0.25, 0.3) is 0 Å². The molecule has 11 nitrogen and oxygen atoms in total. The second-order valence-electron chi connectivity index (χ2n) is 10.8. The molecule has 4 N–H and O–H groups in total. The smallest absolute Gasteiger partial charge is 0.259 e. The van der Waals surface area contributed by atoms with Crippen molar-refractivity contribution in [1.29, 1.82) is 0 Å². The van der Waals surface area contributed by atoms with Crippen molar-refractivity contribution in [2.75, 3.05) is 13.1 Å². The minimum absolute atomic E-state index is 0.147. The lowest BCUT2D eigenvalue weighted by Crippen LogP contribution is -2.57. The molecule has 13 heteroatoms. The Kier molecular flexibility index (Phi) is 7.29. The highest BCUT2D eigenvalue weighted by molar-refractivity contribution is 7.91. The first-order valence-corrected chi connectivity index (χ1v) is 14.8. The number of rotatable bonds is 10. The Bertz CT molecular complexity index is 1400. The topological polar surface area (TPSA) is 154 Å². The van der Waals surface area contributed by atoms with E-state index in [1.54, 1.807) is 6.07 Å². The van der Waals surface area contributed by atoms with E-state index in [1.165, 1.54) is 17.0 Å². The molecule has 0 bridgehead atoms. The Morgan fingerprint density at radius 1 is 1.20 bits per heavy atom. The zero-order chi connectivity index (χ0) is 28.8. The normalized spacial score (nSPS) is 28.8. The minimum atomic E-state index is -3.85. The van der Waals surface area contributed by atoms with E-state index in [0.717, 1.165) is 11.6 Å². The number of hydrogen-bond acceptors (Lipinski definition) is 7. The number of fused-ring (bicyclic) bond motifs is 1. The molecule has 5 atom stereocenters. The van der Waals surface area contributed by atoms with E-state index in [4.69, 9.17) is 0 Å². The molecule has 1 aromatic carbocycles. The third kappa shape index (κ3) is 5.15. The number of hydrogen-bond donors (Lipinski definition) is 4. The molecular weight excluding hydrogens is 541 g/mol. The molecule has 5 rings (SSSR count). The molecule has 2 heterocycles. The second kappa shape index (κ2) is 10.4. The van der Waals surface area contributed by atoms with Crippen LogP contribution in [-0.2, 0) is 35.7 Å². The monoisotopic (exact) mass is 573 g/mol. The molecule has 40 heavy (non-hydrogen) atoms. The van der Waals surface area contributed by atoms with Crippen LogP contribution < -0.4 is 20.7 Å². The summed E-state index contributed by atoms with van der Waals surface area (Å²) in [7, 11) is -3.85. The number of nitrogens with one attached hydrogen (secondary N) is 4. The molecule has 0 aromatic heterocycles. The summed E-state index contributed by atoms with van der Waals surface area (Å²) in [4.78, 5) is 53.0. The average molecular weight is 574 g/mol. The number of carbonyl (C=O) groups excluding carboxylic acids is 4. The summed E-state index contributed by atoms with van der Waals surface area (Å²) in [5.74, 6) is -3.60. The van der Waals surface area contributed by atoms with E-state index >= 15 is 0 Å². The number of benzene rings is 1. The number of halogens is 1. The van der Waals surface area contributed by atoms with Crippen molar-refractivity contribution < 1.29 is 32.0 Å². The number of amides is 4. The fourth-order valence-electron chi connectivity index (χ4n) is 5.79. The summed E-state index contributed by atoms with van der Waals surface area (Å²) in [5, 5.41) is 7.82. The van der Waals surface area contributed by atoms with Crippen LogP contribution in [0.15, 0.2) is 43.5 Å². The average Bonchev–Trinajstić information content (AvgIpc) is 3.81. The first-order chi connectivity index (χ1) is 19.0. The summed E-state index contributed by atoms with van der Waals surface area (Å²) in [6.45, 7) is 7.15. The van der Waals surface area contributed by atoms with Crippen molar-refractivity contribution in [2.45, 2.75) is 55.1 Å². The summed E-state index contributed by atoms with van der Waals surface area (Å²) >= 11 is 0. The molecule has 1 unspecified atom stereocenters. The Morgan fingerprint density at radius 3 is 2.60 bits per heavy atom. The van der Waals surface area contributed by atoms with Gasteiger partial charge in [-0.25, -0.2) is 12.8 Å². The maximum absolute atomic E-state index is 14.4. The van der Waals surface area contributed by atoms with Gasteiger partial charge in [0.1, 0.15) is 17.4 Å². The van der Waals surface area contributed by atoms with Crippen molar-refractivity contribution in [3.63, 3.8) is 0 Å². The SMILES string of the molecule is C=CC(=O)NCC(=O)N1C[C@H](C2NCc3c(F)cccc32)C[C@H]1C(=O)N[C@]1(C(=O)NS(=O)(=O)C2CC2)C[C@H]1C=C. The van der Waals surface area contributed by atoms with Gasteiger partial charge in [-0.15, -0.1) is 6.58 Å². The Morgan fingerprint density at radius 2 is 1.95 bits per heavy atom. The van der Waals surface area contributed by atoms with Crippen LogP contribution in [0.2, 0.25) is 0 Å². The third-order valence-electron chi connectivity index (χ3n) is 8.26. The maximum Gasteiger partial charge on any atom is 0.259 e. The van der Waals surface area contributed by atoms with Crippen molar-refractivity contribution in [1.82, 2.24) is 25.6 Å². The standard InChI is InChI=1S/C27H32FN5O6S/c1-3-16-11-27(16,26(37)32-40(38,39)17-8-9-17)31-25(36)21-10-15(14-33(21)23(35)13-29-22(34)4-2)24-18-6-5-7-20(28)19(18)12-30-24/h3-7,15-17,21,24,30H,1-2,8-14H2,(H,29,34)(H,31,36)(H,32,37)/t15-,16-,21+,24?,27-/m1/s1. The molecular formula is C27H32FN5O6S. The van der Waals surface area contributed by atoms with Crippen LogP contribution in [-0.4, -0.2) is 66.9 Å². The first-order valence-electron chi connectivity index (χ1n) is 13.2. The third-order valence-corrected chi connectivity index (χ3v) is 10.1.